The van der Waals surface area contributed by atoms with Gasteiger partial charge in [0.05, 0.1) is 0 Å². The van der Waals surface area contributed by atoms with Crippen molar-refractivity contribution in [1.82, 2.24) is 0 Å². The molecule has 3 aliphatic carbocycles. The van der Waals surface area contributed by atoms with E-state index in [0.29, 0.717) is 47.1 Å². The number of ketones is 3. The molecule has 210 valence electrons. The monoisotopic (exact) mass is 576 g/mol. The molecule has 10 rings (SSSR count). The Morgan fingerprint density at radius 3 is 1.07 bits per heavy atom. The fourth-order valence-electron chi connectivity index (χ4n) is 8.41. The molecular weight excluding hydrogens is 552 g/mol. The summed E-state index contributed by atoms with van der Waals surface area (Å²) in [6.07, 6.45) is 1.80. The third-order valence-corrected chi connectivity index (χ3v) is 10.2. The molecule has 0 saturated carbocycles. The number of hydrogen-bond acceptors (Lipinski definition) is 3. The van der Waals surface area contributed by atoms with E-state index < -0.39 is 0 Å². The van der Waals surface area contributed by atoms with Gasteiger partial charge in [-0.15, -0.1) is 0 Å². The lowest BCUT2D eigenvalue weighted by molar-refractivity contribution is 0.103. The van der Waals surface area contributed by atoms with E-state index in [-0.39, 0.29) is 17.3 Å². The Kier molecular flexibility index (Phi) is 4.79. The first-order valence-corrected chi connectivity index (χ1v) is 15.4. The predicted octanol–water partition coefficient (Wildman–Crippen LogP) is 8.55. The molecule has 3 nitrogen and oxygen atoms in total. The minimum atomic E-state index is -0.00642. The summed E-state index contributed by atoms with van der Waals surface area (Å²) in [5.74, 6) is 0.0255. The van der Waals surface area contributed by atoms with Crippen molar-refractivity contribution in [3.8, 4) is 0 Å². The van der Waals surface area contributed by atoms with Crippen LogP contribution in [0.1, 0.15) is 81.1 Å². The van der Waals surface area contributed by atoms with Crippen molar-refractivity contribution in [3.05, 3.63) is 176 Å². The molecule has 0 unspecified atom stereocenters. The largest absolute Gasteiger partial charge is 0.289 e. The summed E-state index contributed by atoms with van der Waals surface area (Å²) in [7, 11) is 0. The second-order valence-electron chi connectivity index (χ2n) is 12.6. The Bertz CT molecular complexity index is 2520. The molecule has 0 aliphatic heterocycles. The summed E-state index contributed by atoms with van der Waals surface area (Å²) in [6, 6.07) is 34.7. The first kappa shape index (κ1) is 24.7. The van der Waals surface area contributed by atoms with Crippen LogP contribution in [0, 0.1) is 0 Å². The average Bonchev–Trinajstić information content (AvgIpc) is 3.78. The molecule has 0 fully saturated rings. The highest BCUT2D eigenvalue weighted by molar-refractivity contribution is 6.36. The van der Waals surface area contributed by atoms with E-state index in [0.717, 1.165) is 60.5 Å². The van der Waals surface area contributed by atoms with Gasteiger partial charge >= 0.3 is 0 Å². The van der Waals surface area contributed by atoms with Crippen molar-refractivity contribution in [3.63, 3.8) is 0 Å². The molecule has 0 aromatic heterocycles. The van der Waals surface area contributed by atoms with Crippen LogP contribution in [-0.4, -0.2) is 17.3 Å². The van der Waals surface area contributed by atoms with E-state index >= 15 is 0 Å². The van der Waals surface area contributed by atoms with Gasteiger partial charge in [0.25, 0.3) is 0 Å². The van der Waals surface area contributed by atoms with E-state index in [1.54, 1.807) is 0 Å². The first-order valence-electron chi connectivity index (χ1n) is 15.4. The van der Waals surface area contributed by atoms with Crippen LogP contribution in [0.15, 0.2) is 109 Å². The minimum Gasteiger partial charge on any atom is -0.289 e. The molecule has 0 atom stereocenters. The Morgan fingerprint density at radius 1 is 0.356 bits per heavy atom. The highest BCUT2D eigenvalue weighted by Gasteiger charge is 2.38. The van der Waals surface area contributed by atoms with Crippen LogP contribution in [0.3, 0.4) is 0 Å². The van der Waals surface area contributed by atoms with Crippen molar-refractivity contribution in [2.45, 2.75) is 19.3 Å². The van der Waals surface area contributed by atoms with Crippen LogP contribution in [0.5, 0.6) is 0 Å². The zero-order valence-electron chi connectivity index (χ0n) is 24.2. The fraction of sp³-hybridized carbons (Fsp3) is 0.0714. The smallest absolute Gasteiger partial charge is 0.193 e. The number of carbonyl (C=O) groups is 3. The lowest BCUT2D eigenvalue weighted by Crippen LogP contribution is -2.08. The molecule has 0 saturated heterocycles. The average molecular weight is 577 g/mol. The van der Waals surface area contributed by atoms with Gasteiger partial charge in [-0.3, -0.25) is 14.4 Å². The molecule has 45 heavy (non-hydrogen) atoms. The summed E-state index contributed by atoms with van der Waals surface area (Å²) < 4.78 is 0. The van der Waals surface area contributed by atoms with Gasteiger partial charge in [0, 0.05) is 39.8 Å². The lowest BCUT2D eigenvalue weighted by atomic mass is 9.88. The Balaban J connectivity index is 1.32. The summed E-state index contributed by atoms with van der Waals surface area (Å²) in [5, 5.41) is 6.97. The van der Waals surface area contributed by atoms with E-state index in [1.165, 1.54) is 10.8 Å². The highest BCUT2D eigenvalue weighted by Crippen LogP contribution is 2.55. The second kappa shape index (κ2) is 8.71. The summed E-state index contributed by atoms with van der Waals surface area (Å²) >= 11 is 0. The van der Waals surface area contributed by atoms with Gasteiger partial charge in [-0.2, -0.15) is 0 Å². The van der Waals surface area contributed by atoms with Gasteiger partial charge in [0.2, 0.25) is 0 Å². The fourth-order valence-corrected chi connectivity index (χ4v) is 8.41. The first-order chi connectivity index (χ1) is 22.1. The van der Waals surface area contributed by atoms with Crippen molar-refractivity contribution < 1.29 is 14.4 Å². The molecule has 0 N–H and O–H groups in total. The van der Waals surface area contributed by atoms with E-state index in [4.69, 9.17) is 0 Å². The summed E-state index contributed by atoms with van der Waals surface area (Å²) in [6.45, 7) is 0. The van der Waals surface area contributed by atoms with Crippen molar-refractivity contribution in [2.75, 3.05) is 0 Å². The molecule has 7 aromatic carbocycles. The van der Waals surface area contributed by atoms with Gasteiger partial charge < -0.3 is 0 Å². The van der Waals surface area contributed by atoms with Crippen LogP contribution in [0.25, 0.3) is 32.3 Å². The molecule has 0 amide bonds. The zero-order valence-corrected chi connectivity index (χ0v) is 24.2. The third-order valence-electron chi connectivity index (χ3n) is 10.2. The molecule has 0 radical (unpaired) electrons. The van der Waals surface area contributed by atoms with E-state index in [1.807, 2.05) is 91.0 Å². The number of hydrogen-bond donors (Lipinski definition) is 0. The Labute approximate surface area is 258 Å². The quantitative estimate of drug-likeness (QED) is 0.147. The number of benzene rings is 7. The van der Waals surface area contributed by atoms with Crippen molar-refractivity contribution in [1.29, 1.82) is 0 Å². The lowest BCUT2D eigenvalue weighted by Gasteiger charge is -2.13. The predicted molar refractivity (Wildman–Crippen MR) is 177 cm³/mol. The maximum atomic E-state index is 14.2. The van der Waals surface area contributed by atoms with Gasteiger partial charge in [0.1, 0.15) is 0 Å². The van der Waals surface area contributed by atoms with Crippen LogP contribution >= 0.6 is 0 Å². The molecule has 0 spiro atoms. The van der Waals surface area contributed by atoms with Crippen LogP contribution in [0.2, 0.25) is 0 Å². The van der Waals surface area contributed by atoms with Gasteiger partial charge in [-0.05, 0) is 96.7 Å². The normalized spacial score (nSPS) is 13.3. The van der Waals surface area contributed by atoms with Crippen molar-refractivity contribution >= 4 is 49.7 Å². The minimum absolute atomic E-state index is 0.00642. The molecule has 0 bridgehead atoms. The molecule has 3 aliphatic rings. The highest BCUT2D eigenvalue weighted by atomic mass is 16.1. The van der Waals surface area contributed by atoms with Gasteiger partial charge in [-0.25, -0.2) is 0 Å². The van der Waals surface area contributed by atoms with Gasteiger partial charge in [0.15, 0.2) is 17.3 Å². The Morgan fingerprint density at radius 2 is 0.667 bits per heavy atom. The molecular formula is C42H24O3. The van der Waals surface area contributed by atoms with E-state index in [2.05, 4.69) is 18.2 Å². The maximum absolute atomic E-state index is 14.2. The summed E-state index contributed by atoms with van der Waals surface area (Å²) in [5.41, 5.74) is 10.6. The molecule has 0 heterocycles. The number of rotatable bonds is 6. The molecule has 7 aromatic rings. The SMILES string of the molecule is O=C(c1ccccc1)c1cc2c3c4c(cc(C(=O)c5ccccc5)c5c4c4c(c(C(=O)c6ccccc6)cc6c4c3c1C6)C5)C2. The summed E-state index contributed by atoms with van der Waals surface area (Å²) in [4.78, 5) is 42.4. The van der Waals surface area contributed by atoms with Crippen LogP contribution < -0.4 is 0 Å². The van der Waals surface area contributed by atoms with E-state index in [9.17, 15) is 14.4 Å². The zero-order chi connectivity index (χ0) is 30.0. The van der Waals surface area contributed by atoms with Crippen molar-refractivity contribution in [2.24, 2.45) is 0 Å². The second-order valence-corrected chi connectivity index (χ2v) is 12.6. The van der Waals surface area contributed by atoms with Crippen LogP contribution in [-0.2, 0) is 19.3 Å². The maximum Gasteiger partial charge on any atom is 0.193 e. The van der Waals surface area contributed by atoms with Crippen LogP contribution in [0.4, 0.5) is 0 Å². The number of carbonyl (C=O) groups excluding carboxylic acids is 3. The topological polar surface area (TPSA) is 51.2 Å². The third kappa shape index (κ3) is 3.17. The molecule has 3 heteroatoms. The van der Waals surface area contributed by atoms with Gasteiger partial charge in [-0.1, -0.05) is 91.0 Å². The standard InChI is InChI=1S/C42H24O3/c43-40(22-10-4-1-5-11-22)31-18-25-16-26-19-32(41(44)23-12-6-2-7-13-23)29-21-30-33(42(45)24-14-8-3-9-15-24)20-27-17-28(31)37-34(25)35(26)38(29)39(30)36(27)37/h1-15,18-20H,16-17,21H2. The Hall–Kier alpha value is -5.67.